The SMILES string of the molecule is NC1(CNC(=O)c2ccc3ncccc3c2)CCC1. The third-order valence-corrected chi connectivity index (χ3v) is 3.82. The van der Waals surface area contributed by atoms with Gasteiger partial charge in [0.25, 0.3) is 5.91 Å². The molecular formula is C15H17N3O. The topological polar surface area (TPSA) is 68.0 Å². The van der Waals surface area contributed by atoms with Gasteiger partial charge in [-0.1, -0.05) is 6.07 Å². The molecule has 3 rings (SSSR count). The summed E-state index contributed by atoms with van der Waals surface area (Å²) in [7, 11) is 0. The maximum absolute atomic E-state index is 12.1. The zero-order valence-corrected chi connectivity index (χ0v) is 10.7. The number of fused-ring (bicyclic) bond motifs is 1. The van der Waals surface area contributed by atoms with Gasteiger partial charge in [-0.2, -0.15) is 0 Å². The van der Waals surface area contributed by atoms with Crippen molar-refractivity contribution in [3.05, 3.63) is 42.1 Å². The minimum atomic E-state index is -0.186. The first-order chi connectivity index (χ1) is 9.16. The van der Waals surface area contributed by atoms with E-state index in [0.29, 0.717) is 12.1 Å². The predicted molar refractivity (Wildman–Crippen MR) is 74.8 cm³/mol. The van der Waals surface area contributed by atoms with Gasteiger partial charge in [0, 0.05) is 29.2 Å². The monoisotopic (exact) mass is 255 g/mol. The highest BCUT2D eigenvalue weighted by Crippen LogP contribution is 2.28. The quantitative estimate of drug-likeness (QED) is 0.879. The highest BCUT2D eigenvalue weighted by Gasteiger charge is 2.32. The summed E-state index contributed by atoms with van der Waals surface area (Å²) >= 11 is 0. The van der Waals surface area contributed by atoms with Gasteiger partial charge in [0.1, 0.15) is 0 Å². The molecule has 1 amide bonds. The van der Waals surface area contributed by atoms with Crippen molar-refractivity contribution in [3.8, 4) is 0 Å². The normalized spacial score (nSPS) is 16.9. The zero-order chi connectivity index (χ0) is 13.3. The first-order valence-electron chi connectivity index (χ1n) is 6.58. The van der Waals surface area contributed by atoms with E-state index in [1.165, 1.54) is 0 Å². The molecule has 0 unspecified atom stereocenters. The maximum Gasteiger partial charge on any atom is 0.251 e. The largest absolute Gasteiger partial charge is 0.350 e. The predicted octanol–water partition coefficient (Wildman–Crippen LogP) is 1.85. The van der Waals surface area contributed by atoms with Gasteiger partial charge in [-0.05, 0) is 43.5 Å². The van der Waals surface area contributed by atoms with Crippen LogP contribution in [0.1, 0.15) is 29.6 Å². The standard InChI is InChI=1S/C15H17N3O/c16-15(6-2-7-15)10-18-14(19)12-4-5-13-11(9-12)3-1-8-17-13/h1,3-5,8-9H,2,6-7,10,16H2,(H,18,19). The van der Waals surface area contributed by atoms with Crippen LogP contribution in [-0.4, -0.2) is 23.0 Å². The van der Waals surface area contributed by atoms with Gasteiger partial charge in [-0.15, -0.1) is 0 Å². The number of nitrogens with one attached hydrogen (secondary N) is 1. The van der Waals surface area contributed by atoms with E-state index >= 15 is 0 Å². The van der Waals surface area contributed by atoms with E-state index < -0.39 is 0 Å². The Morgan fingerprint density at radius 1 is 1.37 bits per heavy atom. The lowest BCUT2D eigenvalue weighted by Gasteiger charge is -2.38. The van der Waals surface area contributed by atoms with Gasteiger partial charge in [0.15, 0.2) is 0 Å². The van der Waals surface area contributed by atoms with Gasteiger partial charge < -0.3 is 11.1 Å². The third-order valence-electron chi connectivity index (χ3n) is 3.82. The van der Waals surface area contributed by atoms with E-state index in [-0.39, 0.29) is 11.4 Å². The number of amides is 1. The van der Waals surface area contributed by atoms with E-state index in [2.05, 4.69) is 10.3 Å². The fraction of sp³-hybridized carbons (Fsp3) is 0.333. The van der Waals surface area contributed by atoms with Gasteiger partial charge in [0.2, 0.25) is 0 Å². The third kappa shape index (κ3) is 2.44. The van der Waals surface area contributed by atoms with Crippen LogP contribution in [0.4, 0.5) is 0 Å². The summed E-state index contributed by atoms with van der Waals surface area (Å²) < 4.78 is 0. The molecule has 0 saturated heterocycles. The first kappa shape index (κ1) is 12.1. The van der Waals surface area contributed by atoms with Gasteiger partial charge in [-0.25, -0.2) is 0 Å². The highest BCUT2D eigenvalue weighted by molar-refractivity contribution is 5.97. The Morgan fingerprint density at radius 3 is 2.95 bits per heavy atom. The molecule has 0 aliphatic heterocycles. The molecule has 1 saturated carbocycles. The molecule has 1 aliphatic carbocycles. The fourth-order valence-electron chi connectivity index (χ4n) is 2.38. The Labute approximate surface area is 112 Å². The molecule has 4 nitrogen and oxygen atoms in total. The number of pyridine rings is 1. The van der Waals surface area contributed by atoms with E-state index in [1.807, 2.05) is 24.3 Å². The number of rotatable bonds is 3. The lowest BCUT2D eigenvalue weighted by Crippen LogP contribution is -2.54. The Kier molecular flexibility index (Phi) is 2.95. The van der Waals surface area contributed by atoms with Crippen LogP contribution in [0.5, 0.6) is 0 Å². The zero-order valence-electron chi connectivity index (χ0n) is 10.7. The van der Waals surface area contributed by atoms with Crippen molar-refractivity contribution in [1.82, 2.24) is 10.3 Å². The summed E-state index contributed by atoms with van der Waals surface area (Å²) in [5.41, 5.74) is 7.46. The Balaban J connectivity index is 1.74. The molecule has 1 heterocycles. The summed E-state index contributed by atoms with van der Waals surface area (Å²) in [5.74, 6) is -0.0671. The Morgan fingerprint density at radius 2 is 2.21 bits per heavy atom. The van der Waals surface area contributed by atoms with Crippen LogP contribution in [0.15, 0.2) is 36.5 Å². The van der Waals surface area contributed by atoms with E-state index in [1.54, 1.807) is 12.3 Å². The second-order valence-electron chi connectivity index (χ2n) is 5.31. The molecule has 2 aromatic rings. The second kappa shape index (κ2) is 4.63. The maximum atomic E-state index is 12.1. The number of benzene rings is 1. The van der Waals surface area contributed by atoms with E-state index in [4.69, 9.17) is 5.73 Å². The average Bonchev–Trinajstić information content (AvgIpc) is 2.42. The lowest BCUT2D eigenvalue weighted by atomic mass is 9.78. The van der Waals surface area contributed by atoms with Crippen LogP contribution in [-0.2, 0) is 0 Å². The summed E-state index contributed by atoms with van der Waals surface area (Å²) in [6.45, 7) is 0.552. The van der Waals surface area contributed by atoms with Crippen LogP contribution >= 0.6 is 0 Å². The van der Waals surface area contributed by atoms with Crippen molar-refractivity contribution < 1.29 is 4.79 Å². The summed E-state index contributed by atoms with van der Waals surface area (Å²) in [6, 6.07) is 9.35. The number of aromatic nitrogens is 1. The molecule has 1 aliphatic rings. The van der Waals surface area contributed by atoms with Crippen molar-refractivity contribution in [2.45, 2.75) is 24.8 Å². The number of carbonyl (C=O) groups is 1. The molecule has 0 spiro atoms. The molecule has 1 fully saturated rings. The Hall–Kier alpha value is -1.94. The molecule has 0 bridgehead atoms. The number of carbonyl (C=O) groups excluding carboxylic acids is 1. The summed E-state index contributed by atoms with van der Waals surface area (Å²) in [4.78, 5) is 16.3. The minimum absolute atomic E-state index is 0.0671. The molecule has 1 aromatic carbocycles. The van der Waals surface area contributed by atoms with Crippen LogP contribution < -0.4 is 11.1 Å². The van der Waals surface area contributed by atoms with Crippen LogP contribution in [0.25, 0.3) is 10.9 Å². The van der Waals surface area contributed by atoms with Crippen molar-refractivity contribution >= 4 is 16.8 Å². The second-order valence-corrected chi connectivity index (χ2v) is 5.31. The number of hydrogen-bond acceptors (Lipinski definition) is 3. The number of nitrogens with two attached hydrogens (primary N) is 1. The molecule has 98 valence electrons. The van der Waals surface area contributed by atoms with Crippen LogP contribution in [0.3, 0.4) is 0 Å². The van der Waals surface area contributed by atoms with Crippen LogP contribution in [0, 0.1) is 0 Å². The van der Waals surface area contributed by atoms with Crippen molar-refractivity contribution in [1.29, 1.82) is 0 Å². The summed E-state index contributed by atoms with van der Waals surface area (Å²) in [5, 5.41) is 3.90. The summed E-state index contributed by atoms with van der Waals surface area (Å²) in [6.07, 6.45) is 4.90. The minimum Gasteiger partial charge on any atom is -0.350 e. The molecule has 19 heavy (non-hydrogen) atoms. The lowest BCUT2D eigenvalue weighted by molar-refractivity contribution is 0.0930. The molecule has 3 N–H and O–H groups in total. The van der Waals surface area contributed by atoms with Crippen molar-refractivity contribution in [3.63, 3.8) is 0 Å². The van der Waals surface area contributed by atoms with E-state index in [9.17, 15) is 4.79 Å². The highest BCUT2D eigenvalue weighted by atomic mass is 16.1. The van der Waals surface area contributed by atoms with Gasteiger partial charge in [0.05, 0.1) is 5.52 Å². The molecule has 0 radical (unpaired) electrons. The van der Waals surface area contributed by atoms with Crippen molar-refractivity contribution in [2.24, 2.45) is 5.73 Å². The first-order valence-corrected chi connectivity index (χ1v) is 6.58. The van der Waals surface area contributed by atoms with Crippen LogP contribution in [0.2, 0.25) is 0 Å². The van der Waals surface area contributed by atoms with Gasteiger partial charge in [-0.3, -0.25) is 9.78 Å². The molecule has 0 atom stereocenters. The number of nitrogens with zero attached hydrogens (tertiary/aromatic N) is 1. The fourth-order valence-corrected chi connectivity index (χ4v) is 2.38. The molecule has 4 heteroatoms. The van der Waals surface area contributed by atoms with E-state index in [0.717, 1.165) is 30.2 Å². The van der Waals surface area contributed by atoms with Gasteiger partial charge >= 0.3 is 0 Å². The van der Waals surface area contributed by atoms with Crippen molar-refractivity contribution in [2.75, 3.05) is 6.54 Å². The molecule has 1 aromatic heterocycles. The molecular weight excluding hydrogens is 238 g/mol. The Bertz CT molecular complexity index is 620. The smallest absolute Gasteiger partial charge is 0.251 e. The average molecular weight is 255 g/mol. The number of hydrogen-bond donors (Lipinski definition) is 2.